The van der Waals surface area contributed by atoms with E-state index in [1.807, 2.05) is 6.92 Å². The first kappa shape index (κ1) is 13.0. The van der Waals surface area contributed by atoms with Gasteiger partial charge in [0.1, 0.15) is 0 Å². The zero-order valence-electron chi connectivity index (χ0n) is 11.7. The number of aromatic nitrogens is 1. The molecule has 0 bridgehead atoms. The summed E-state index contributed by atoms with van der Waals surface area (Å²) >= 11 is 0. The number of pyridine rings is 1. The van der Waals surface area contributed by atoms with E-state index in [-0.39, 0.29) is 0 Å². The molecule has 0 amide bonds. The van der Waals surface area contributed by atoms with Crippen LogP contribution >= 0.6 is 0 Å². The van der Waals surface area contributed by atoms with E-state index >= 15 is 0 Å². The molecule has 2 rings (SSSR count). The van der Waals surface area contributed by atoms with Crippen molar-refractivity contribution in [3.63, 3.8) is 0 Å². The van der Waals surface area contributed by atoms with Crippen molar-refractivity contribution in [3.8, 4) is 0 Å². The molecular formula is C16H22N2. The molecule has 0 saturated carbocycles. The maximum atomic E-state index is 4.52. The van der Waals surface area contributed by atoms with Crippen LogP contribution in [0.4, 0.5) is 0 Å². The summed E-state index contributed by atoms with van der Waals surface area (Å²) in [4.78, 5) is 4.52. The van der Waals surface area contributed by atoms with Crippen LogP contribution in [0.3, 0.4) is 0 Å². The molecule has 2 heteroatoms. The van der Waals surface area contributed by atoms with Crippen LogP contribution in [0.5, 0.6) is 0 Å². The Morgan fingerprint density at radius 2 is 1.89 bits per heavy atom. The van der Waals surface area contributed by atoms with Gasteiger partial charge in [0, 0.05) is 23.7 Å². The van der Waals surface area contributed by atoms with Crippen LogP contribution in [0.1, 0.15) is 32.0 Å². The van der Waals surface area contributed by atoms with E-state index in [4.69, 9.17) is 0 Å². The monoisotopic (exact) mass is 242 g/mol. The summed E-state index contributed by atoms with van der Waals surface area (Å²) in [5.41, 5.74) is 3.47. The molecule has 1 N–H and O–H groups in total. The van der Waals surface area contributed by atoms with E-state index in [2.05, 4.69) is 61.4 Å². The summed E-state index contributed by atoms with van der Waals surface area (Å²) in [5.74, 6) is 0.662. The highest BCUT2D eigenvalue weighted by atomic mass is 14.9. The molecule has 18 heavy (non-hydrogen) atoms. The van der Waals surface area contributed by atoms with E-state index in [0.29, 0.717) is 12.0 Å². The standard InChI is InChI=1S/C16H22N2/c1-11(2)13(4)17-10-14-6-8-16-15(9-14)7-5-12(3)18-16/h5-9,11,13,17H,10H2,1-4H3. The average Bonchev–Trinajstić information content (AvgIpc) is 2.35. The SMILES string of the molecule is Cc1ccc2cc(CNC(C)C(C)C)ccc2n1. The van der Waals surface area contributed by atoms with E-state index in [0.717, 1.165) is 17.8 Å². The van der Waals surface area contributed by atoms with Crippen molar-refractivity contribution < 1.29 is 0 Å². The molecule has 2 aromatic rings. The second kappa shape index (κ2) is 5.49. The molecule has 1 aromatic heterocycles. The van der Waals surface area contributed by atoms with Gasteiger partial charge < -0.3 is 5.32 Å². The predicted octanol–water partition coefficient (Wildman–Crippen LogP) is 3.68. The largest absolute Gasteiger partial charge is 0.310 e. The van der Waals surface area contributed by atoms with Crippen molar-refractivity contribution in [2.45, 2.75) is 40.3 Å². The minimum atomic E-state index is 0.539. The van der Waals surface area contributed by atoms with Gasteiger partial charge in [0.15, 0.2) is 0 Å². The van der Waals surface area contributed by atoms with Crippen LogP contribution in [0, 0.1) is 12.8 Å². The number of fused-ring (bicyclic) bond motifs is 1. The summed E-state index contributed by atoms with van der Waals surface area (Å²) in [5, 5.41) is 4.77. The van der Waals surface area contributed by atoms with E-state index in [1.165, 1.54) is 10.9 Å². The number of hydrogen-bond donors (Lipinski definition) is 1. The van der Waals surface area contributed by atoms with Crippen LogP contribution < -0.4 is 5.32 Å². The summed E-state index contributed by atoms with van der Waals surface area (Å²) in [7, 11) is 0. The maximum Gasteiger partial charge on any atom is 0.0705 e. The molecular weight excluding hydrogens is 220 g/mol. The Morgan fingerprint density at radius 1 is 1.11 bits per heavy atom. The van der Waals surface area contributed by atoms with Gasteiger partial charge in [0.05, 0.1) is 5.52 Å². The summed E-state index contributed by atoms with van der Waals surface area (Å²) in [6.07, 6.45) is 0. The van der Waals surface area contributed by atoms with Gasteiger partial charge in [0.2, 0.25) is 0 Å². The van der Waals surface area contributed by atoms with E-state index in [1.54, 1.807) is 0 Å². The third kappa shape index (κ3) is 3.08. The Morgan fingerprint density at radius 3 is 2.61 bits per heavy atom. The van der Waals surface area contributed by atoms with Gasteiger partial charge >= 0.3 is 0 Å². The van der Waals surface area contributed by atoms with Crippen molar-refractivity contribution >= 4 is 10.9 Å². The van der Waals surface area contributed by atoms with Gasteiger partial charge in [-0.3, -0.25) is 4.98 Å². The van der Waals surface area contributed by atoms with Gasteiger partial charge in [-0.05, 0) is 43.5 Å². The zero-order chi connectivity index (χ0) is 13.1. The second-order valence-corrected chi connectivity index (χ2v) is 5.39. The van der Waals surface area contributed by atoms with Crippen LogP contribution in [0.2, 0.25) is 0 Å². The van der Waals surface area contributed by atoms with Crippen molar-refractivity contribution in [2.24, 2.45) is 5.92 Å². The molecule has 2 nitrogen and oxygen atoms in total. The molecule has 0 fully saturated rings. The van der Waals surface area contributed by atoms with Crippen LogP contribution in [0.15, 0.2) is 30.3 Å². The highest BCUT2D eigenvalue weighted by molar-refractivity contribution is 5.79. The fraction of sp³-hybridized carbons (Fsp3) is 0.438. The molecule has 1 heterocycles. The van der Waals surface area contributed by atoms with Crippen molar-refractivity contribution in [2.75, 3.05) is 0 Å². The molecule has 1 aromatic carbocycles. The summed E-state index contributed by atoms with van der Waals surface area (Å²) < 4.78 is 0. The van der Waals surface area contributed by atoms with Gasteiger partial charge in [0.25, 0.3) is 0 Å². The normalized spacial score (nSPS) is 13.2. The number of aryl methyl sites for hydroxylation is 1. The van der Waals surface area contributed by atoms with Crippen LogP contribution in [-0.4, -0.2) is 11.0 Å². The van der Waals surface area contributed by atoms with Crippen molar-refractivity contribution in [3.05, 3.63) is 41.6 Å². The Bertz CT molecular complexity index is 532. The number of benzene rings is 1. The lowest BCUT2D eigenvalue weighted by Crippen LogP contribution is -2.30. The molecule has 96 valence electrons. The van der Waals surface area contributed by atoms with Crippen LogP contribution in [-0.2, 0) is 6.54 Å². The molecule has 0 aliphatic rings. The lowest BCUT2D eigenvalue weighted by molar-refractivity contribution is 0.426. The molecule has 0 radical (unpaired) electrons. The smallest absolute Gasteiger partial charge is 0.0705 e. The lowest BCUT2D eigenvalue weighted by Gasteiger charge is -2.17. The number of hydrogen-bond acceptors (Lipinski definition) is 2. The van der Waals surface area contributed by atoms with Crippen molar-refractivity contribution in [1.82, 2.24) is 10.3 Å². The Kier molecular flexibility index (Phi) is 3.97. The fourth-order valence-corrected chi connectivity index (χ4v) is 1.90. The molecule has 0 saturated heterocycles. The minimum absolute atomic E-state index is 0.539. The third-order valence-electron chi connectivity index (χ3n) is 3.52. The quantitative estimate of drug-likeness (QED) is 0.884. The Labute approximate surface area is 109 Å². The Hall–Kier alpha value is -1.41. The van der Waals surface area contributed by atoms with Crippen molar-refractivity contribution in [1.29, 1.82) is 0 Å². The van der Waals surface area contributed by atoms with E-state index < -0.39 is 0 Å². The van der Waals surface area contributed by atoms with Gasteiger partial charge in [-0.1, -0.05) is 26.0 Å². The predicted molar refractivity (Wildman–Crippen MR) is 77.6 cm³/mol. The Balaban J connectivity index is 2.13. The number of rotatable bonds is 4. The first-order valence-corrected chi connectivity index (χ1v) is 6.66. The average molecular weight is 242 g/mol. The molecule has 0 aliphatic carbocycles. The number of nitrogens with one attached hydrogen (secondary N) is 1. The highest BCUT2D eigenvalue weighted by Crippen LogP contribution is 2.15. The molecule has 1 unspecified atom stereocenters. The van der Waals surface area contributed by atoms with Gasteiger partial charge in [-0.25, -0.2) is 0 Å². The van der Waals surface area contributed by atoms with Gasteiger partial charge in [-0.2, -0.15) is 0 Å². The van der Waals surface area contributed by atoms with Crippen LogP contribution in [0.25, 0.3) is 10.9 Å². The fourth-order valence-electron chi connectivity index (χ4n) is 1.90. The third-order valence-corrected chi connectivity index (χ3v) is 3.52. The zero-order valence-corrected chi connectivity index (χ0v) is 11.7. The molecule has 1 atom stereocenters. The number of nitrogens with zero attached hydrogens (tertiary/aromatic N) is 1. The lowest BCUT2D eigenvalue weighted by atomic mass is 10.1. The maximum absolute atomic E-state index is 4.52. The first-order chi connectivity index (χ1) is 8.56. The minimum Gasteiger partial charge on any atom is -0.310 e. The summed E-state index contributed by atoms with van der Waals surface area (Å²) in [6.45, 7) is 9.66. The van der Waals surface area contributed by atoms with E-state index in [9.17, 15) is 0 Å². The summed E-state index contributed by atoms with van der Waals surface area (Å²) in [6, 6.07) is 11.2. The van der Waals surface area contributed by atoms with Gasteiger partial charge in [-0.15, -0.1) is 0 Å². The highest BCUT2D eigenvalue weighted by Gasteiger charge is 2.06. The topological polar surface area (TPSA) is 24.9 Å². The first-order valence-electron chi connectivity index (χ1n) is 6.66. The molecule has 0 spiro atoms. The molecule has 0 aliphatic heterocycles. The second-order valence-electron chi connectivity index (χ2n) is 5.39.